The van der Waals surface area contributed by atoms with Gasteiger partial charge in [-0.25, -0.2) is 9.97 Å². The molecule has 0 spiro atoms. The average Bonchev–Trinajstić information content (AvgIpc) is 2.65. The molecule has 0 radical (unpaired) electrons. The molecule has 2 unspecified atom stereocenters. The number of rotatable bonds is 2. The van der Waals surface area contributed by atoms with E-state index >= 15 is 0 Å². The minimum Gasteiger partial charge on any atom is -0.392 e. The van der Waals surface area contributed by atoms with E-state index in [9.17, 15) is 5.11 Å². The zero-order chi connectivity index (χ0) is 13.1. The van der Waals surface area contributed by atoms with Crippen molar-refractivity contribution in [3.05, 3.63) is 30.6 Å². The normalized spacial score (nSPS) is 24.3. The molecule has 3 nitrogen and oxygen atoms in total. The van der Waals surface area contributed by atoms with Gasteiger partial charge in [-0.1, -0.05) is 49.2 Å². The van der Waals surface area contributed by atoms with Crippen LogP contribution in [0, 0.1) is 0 Å². The fourth-order valence-corrected chi connectivity index (χ4v) is 3.88. The Morgan fingerprint density at radius 2 is 1.89 bits per heavy atom. The maximum atomic E-state index is 10.2. The molecule has 100 valence electrons. The van der Waals surface area contributed by atoms with Gasteiger partial charge in [0.1, 0.15) is 11.4 Å². The first kappa shape index (κ1) is 12.9. The molecule has 1 saturated carbocycles. The Kier molecular flexibility index (Phi) is 3.99. The third-order valence-electron chi connectivity index (χ3n) is 3.69. The van der Waals surface area contributed by atoms with Crippen LogP contribution >= 0.6 is 11.8 Å². The number of hydrogen-bond acceptors (Lipinski definition) is 4. The summed E-state index contributed by atoms with van der Waals surface area (Å²) in [5, 5.41) is 12.6. The Bertz CT molecular complexity index is 555. The van der Waals surface area contributed by atoms with Crippen molar-refractivity contribution in [3.8, 4) is 0 Å². The predicted molar refractivity (Wildman–Crippen MR) is 78.3 cm³/mol. The smallest absolute Gasteiger partial charge is 0.117 e. The van der Waals surface area contributed by atoms with Crippen LogP contribution in [0.15, 0.2) is 35.6 Å². The monoisotopic (exact) mass is 274 g/mol. The lowest BCUT2D eigenvalue weighted by Gasteiger charge is -2.19. The quantitative estimate of drug-likeness (QED) is 0.673. The largest absolute Gasteiger partial charge is 0.392 e. The summed E-state index contributed by atoms with van der Waals surface area (Å²) in [6, 6.07) is 8.06. The van der Waals surface area contributed by atoms with Crippen LogP contribution in [-0.2, 0) is 0 Å². The van der Waals surface area contributed by atoms with Crippen LogP contribution in [0.4, 0.5) is 0 Å². The number of aliphatic hydroxyl groups excluding tert-OH is 1. The van der Waals surface area contributed by atoms with Crippen molar-refractivity contribution >= 4 is 22.7 Å². The minimum absolute atomic E-state index is 0.207. The number of aromatic nitrogens is 2. The summed E-state index contributed by atoms with van der Waals surface area (Å²) in [6.07, 6.45) is 6.98. The summed E-state index contributed by atoms with van der Waals surface area (Å²) >= 11 is 1.71. The van der Waals surface area contributed by atoms with E-state index in [2.05, 4.69) is 16.0 Å². The first-order chi connectivity index (χ1) is 9.34. The van der Waals surface area contributed by atoms with Gasteiger partial charge < -0.3 is 5.11 Å². The van der Waals surface area contributed by atoms with Crippen LogP contribution in [0.25, 0.3) is 10.9 Å². The highest BCUT2D eigenvalue weighted by Crippen LogP contribution is 2.34. The van der Waals surface area contributed by atoms with E-state index in [0.717, 1.165) is 35.2 Å². The summed E-state index contributed by atoms with van der Waals surface area (Å²) in [5.41, 5.74) is 0.975. The van der Waals surface area contributed by atoms with Gasteiger partial charge >= 0.3 is 0 Å². The average molecular weight is 274 g/mol. The highest BCUT2D eigenvalue weighted by Gasteiger charge is 2.23. The molecule has 1 heterocycles. The summed E-state index contributed by atoms with van der Waals surface area (Å²) < 4.78 is 0. The van der Waals surface area contributed by atoms with E-state index in [1.807, 2.05) is 18.2 Å². The van der Waals surface area contributed by atoms with Gasteiger partial charge in [0, 0.05) is 10.6 Å². The van der Waals surface area contributed by atoms with E-state index in [1.54, 1.807) is 18.1 Å². The van der Waals surface area contributed by atoms with Crippen molar-refractivity contribution in [1.29, 1.82) is 0 Å². The van der Waals surface area contributed by atoms with Crippen LogP contribution in [0.5, 0.6) is 0 Å². The Labute approximate surface area is 117 Å². The molecule has 0 aliphatic heterocycles. The fourth-order valence-electron chi connectivity index (χ4n) is 2.61. The summed E-state index contributed by atoms with van der Waals surface area (Å²) in [4.78, 5) is 8.69. The van der Waals surface area contributed by atoms with Crippen molar-refractivity contribution in [3.63, 3.8) is 0 Å². The Morgan fingerprint density at radius 1 is 1.05 bits per heavy atom. The maximum absolute atomic E-state index is 10.2. The highest BCUT2D eigenvalue weighted by atomic mass is 32.2. The topological polar surface area (TPSA) is 46.0 Å². The van der Waals surface area contributed by atoms with Crippen LogP contribution in [0.3, 0.4) is 0 Å². The van der Waals surface area contributed by atoms with Gasteiger partial charge in [-0.05, 0) is 18.9 Å². The predicted octanol–water partition coefficient (Wildman–Crippen LogP) is 3.42. The number of nitrogens with zero attached hydrogens (tertiary/aromatic N) is 2. The number of fused-ring (bicyclic) bond motifs is 1. The zero-order valence-corrected chi connectivity index (χ0v) is 11.6. The molecule has 1 aromatic heterocycles. The highest BCUT2D eigenvalue weighted by molar-refractivity contribution is 8.00. The molecule has 1 N–H and O–H groups in total. The summed E-state index contributed by atoms with van der Waals surface area (Å²) in [5.74, 6) is 0. The van der Waals surface area contributed by atoms with Crippen molar-refractivity contribution in [2.45, 2.75) is 48.5 Å². The van der Waals surface area contributed by atoms with Crippen molar-refractivity contribution in [1.82, 2.24) is 9.97 Å². The molecule has 0 saturated heterocycles. The molecule has 0 bridgehead atoms. The Hall–Kier alpha value is -1.13. The van der Waals surface area contributed by atoms with Gasteiger partial charge in [-0.3, -0.25) is 0 Å². The van der Waals surface area contributed by atoms with Gasteiger partial charge in [0.05, 0.1) is 11.6 Å². The summed E-state index contributed by atoms with van der Waals surface area (Å²) in [6.45, 7) is 0. The number of hydrogen-bond donors (Lipinski definition) is 1. The first-order valence-corrected chi connectivity index (χ1v) is 7.77. The third-order valence-corrected chi connectivity index (χ3v) is 5.09. The molecule has 2 aromatic rings. The SMILES string of the molecule is OC1CCCCCC1Sc1ncnc2ccccc12. The van der Waals surface area contributed by atoms with Crippen molar-refractivity contribution < 1.29 is 5.11 Å². The first-order valence-electron chi connectivity index (χ1n) is 6.89. The van der Waals surface area contributed by atoms with Crippen molar-refractivity contribution in [2.24, 2.45) is 0 Å². The van der Waals surface area contributed by atoms with Gasteiger partial charge in [-0.2, -0.15) is 0 Å². The lowest BCUT2D eigenvalue weighted by molar-refractivity contribution is 0.163. The van der Waals surface area contributed by atoms with E-state index in [1.165, 1.54) is 12.8 Å². The second-order valence-corrected chi connectivity index (χ2v) is 6.29. The van der Waals surface area contributed by atoms with Crippen LogP contribution in [0.2, 0.25) is 0 Å². The molecule has 1 aliphatic carbocycles. The summed E-state index contributed by atoms with van der Waals surface area (Å²) in [7, 11) is 0. The maximum Gasteiger partial charge on any atom is 0.117 e. The molecule has 4 heteroatoms. The van der Waals surface area contributed by atoms with Gasteiger partial charge in [0.15, 0.2) is 0 Å². The molecule has 0 amide bonds. The minimum atomic E-state index is -0.207. The lowest BCUT2D eigenvalue weighted by Crippen LogP contribution is -2.21. The second kappa shape index (κ2) is 5.88. The number of benzene rings is 1. The van der Waals surface area contributed by atoms with Gasteiger partial charge in [0.2, 0.25) is 0 Å². The number of thioether (sulfide) groups is 1. The Morgan fingerprint density at radius 3 is 2.84 bits per heavy atom. The molecule has 2 atom stereocenters. The van der Waals surface area contributed by atoms with E-state index < -0.39 is 0 Å². The van der Waals surface area contributed by atoms with E-state index in [-0.39, 0.29) is 11.4 Å². The van der Waals surface area contributed by atoms with Crippen LogP contribution in [0.1, 0.15) is 32.1 Å². The number of para-hydroxylation sites is 1. The van der Waals surface area contributed by atoms with Gasteiger partial charge in [0.25, 0.3) is 0 Å². The molecular formula is C15H18N2OS. The second-order valence-electron chi connectivity index (χ2n) is 5.06. The molecule has 1 aliphatic rings. The van der Waals surface area contributed by atoms with Gasteiger partial charge in [-0.15, -0.1) is 0 Å². The third kappa shape index (κ3) is 2.90. The van der Waals surface area contributed by atoms with Crippen LogP contribution in [-0.4, -0.2) is 26.4 Å². The zero-order valence-electron chi connectivity index (χ0n) is 10.8. The molecule has 3 rings (SSSR count). The molecule has 1 fully saturated rings. The van der Waals surface area contributed by atoms with Crippen LogP contribution < -0.4 is 0 Å². The standard InChI is InChI=1S/C15H18N2OS/c18-13-8-2-1-3-9-14(13)19-15-11-6-4-5-7-12(11)16-10-17-15/h4-7,10,13-14,18H,1-3,8-9H2. The molecular weight excluding hydrogens is 256 g/mol. The fraction of sp³-hybridized carbons (Fsp3) is 0.467. The number of aliphatic hydroxyl groups is 1. The lowest BCUT2D eigenvalue weighted by atomic mass is 10.1. The molecule has 1 aromatic carbocycles. The Balaban J connectivity index is 1.88. The van der Waals surface area contributed by atoms with E-state index in [0.29, 0.717) is 0 Å². The van der Waals surface area contributed by atoms with E-state index in [4.69, 9.17) is 0 Å². The van der Waals surface area contributed by atoms with Crippen molar-refractivity contribution in [2.75, 3.05) is 0 Å². The molecule has 19 heavy (non-hydrogen) atoms.